The lowest BCUT2D eigenvalue weighted by Crippen LogP contribution is -2.60. The van der Waals surface area contributed by atoms with Crippen molar-refractivity contribution in [3.8, 4) is 0 Å². The van der Waals surface area contributed by atoms with Gasteiger partial charge in [-0.05, 0) is 25.3 Å². The van der Waals surface area contributed by atoms with Crippen molar-refractivity contribution in [2.45, 2.75) is 62.9 Å². The van der Waals surface area contributed by atoms with Gasteiger partial charge in [-0.2, -0.15) is 0 Å². The van der Waals surface area contributed by atoms with E-state index in [9.17, 15) is 34.2 Å². The van der Waals surface area contributed by atoms with Crippen LogP contribution in [0.1, 0.15) is 31.0 Å². The number of nitrogens with two attached hydrogens (primary N) is 1. The van der Waals surface area contributed by atoms with Crippen LogP contribution in [-0.2, 0) is 36.8 Å². The van der Waals surface area contributed by atoms with E-state index in [1.807, 2.05) is 6.07 Å². The molecule has 0 saturated heterocycles. The van der Waals surface area contributed by atoms with Crippen molar-refractivity contribution in [2.75, 3.05) is 0 Å². The summed E-state index contributed by atoms with van der Waals surface area (Å²) in [6.45, 7) is 1.27. The van der Waals surface area contributed by atoms with Gasteiger partial charge in [-0.1, -0.05) is 30.3 Å². The van der Waals surface area contributed by atoms with Crippen LogP contribution in [0, 0.1) is 0 Å². The molecule has 38 heavy (non-hydrogen) atoms. The summed E-state index contributed by atoms with van der Waals surface area (Å²) in [6.07, 6.45) is 0.505. The third-order valence-electron chi connectivity index (χ3n) is 5.57. The number of nitrogens with one attached hydrogen (secondary N) is 4. The highest BCUT2D eigenvalue weighted by Gasteiger charge is 2.33. The fourth-order valence-electron chi connectivity index (χ4n) is 3.51. The van der Waals surface area contributed by atoms with Crippen LogP contribution in [0.25, 0.3) is 0 Å². The molecule has 0 aliphatic carbocycles. The van der Waals surface area contributed by atoms with Crippen molar-refractivity contribution < 1.29 is 39.3 Å². The second kappa shape index (κ2) is 14.4. The number of rotatable bonds is 15. The van der Waals surface area contributed by atoms with Crippen LogP contribution in [-0.4, -0.2) is 85.2 Å². The van der Waals surface area contributed by atoms with Gasteiger partial charge in [0.2, 0.25) is 17.7 Å². The number of imidazole rings is 1. The number of amides is 3. The lowest BCUT2D eigenvalue weighted by Gasteiger charge is -2.26. The highest BCUT2D eigenvalue weighted by molar-refractivity contribution is 5.94. The van der Waals surface area contributed by atoms with Crippen LogP contribution >= 0.6 is 0 Å². The summed E-state index contributed by atoms with van der Waals surface area (Å²) in [4.78, 5) is 67.6. The van der Waals surface area contributed by atoms with Gasteiger partial charge in [-0.15, -0.1) is 0 Å². The number of hydrogen-bond acceptors (Lipinski definition) is 8. The largest absolute Gasteiger partial charge is 0.481 e. The molecule has 14 nitrogen and oxygen atoms in total. The van der Waals surface area contributed by atoms with Gasteiger partial charge in [0, 0.05) is 24.7 Å². The van der Waals surface area contributed by atoms with E-state index in [2.05, 4.69) is 25.9 Å². The molecule has 0 fully saturated rings. The maximum atomic E-state index is 13.1. The van der Waals surface area contributed by atoms with Gasteiger partial charge in [-0.25, -0.2) is 9.78 Å². The predicted molar refractivity (Wildman–Crippen MR) is 132 cm³/mol. The minimum atomic E-state index is -1.52. The number of carboxylic acid groups (broad SMARTS) is 2. The van der Waals surface area contributed by atoms with Crippen LogP contribution in [0.4, 0.5) is 0 Å². The molecule has 0 radical (unpaired) electrons. The van der Waals surface area contributed by atoms with Gasteiger partial charge in [-0.3, -0.25) is 19.2 Å². The zero-order valence-electron chi connectivity index (χ0n) is 20.7. The zero-order valence-corrected chi connectivity index (χ0v) is 20.7. The highest BCUT2D eigenvalue weighted by Crippen LogP contribution is 2.06. The molecule has 3 amide bonds. The van der Waals surface area contributed by atoms with E-state index in [4.69, 9.17) is 10.8 Å². The molecule has 2 aromatic rings. The van der Waals surface area contributed by atoms with E-state index >= 15 is 0 Å². The number of aliphatic hydroxyl groups is 1. The highest BCUT2D eigenvalue weighted by atomic mass is 16.4. The van der Waals surface area contributed by atoms with Gasteiger partial charge in [0.05, 0.1) is 18.5 Å². The van der Waals surface area contributed by atoms with Crippen molar-refractivity contribution >= 4 is 29.7 Å². The summed E-state index contributed by atoms with van der Waals surface area (Å²) >= 11 is 0. The molecule has 1 aromatic carbocycles. The van der Waals surface area contributed by atoms with E-state index < -0.39 is 66.4 Å². The first-order valence-electron chi connectivity index (χ1n) is 11.8. The summed E-state index contributed by atoms with van der Waals surface area (Å²) < 4.78 is 0. The number of H-pyrrole nitrogens is 1. The molecular formula is C24H32N6O8. The minimum absolute atomic E-state index is 0.142. The first-order chi connectivity index (χ1) is 18.0. The Morgan fingerprint density at radius 2 is 1.61 bits per heavy atom. The van der Waals surface area contributed by atoms with Crippen molar-refractivity contribution in [2.24, 2.45) is 5.73 Å². The molecule has 5 unspecified atom stereocenters. The molecule has 0 aliphatic rings. The number of carboxylic acids is 2. The Bertz CT molecular complexity index is 1090. The van der Waals surface area contributed by atoms with E-state index in [0.717, 1.165) is 5.56 Å². The monoisotopic (exact) mass is 532 g/mol. The Morgan fingerprint density at radius 3 is 2.16 bits per heavy atom. The summed E-state index contributed by atoms with van der Waals surface area (Å²) in [6, 6.07) is 3.56. The minimum Gasteiger partial charge on any atom is -0.481 e. The number of aromatic amines is 1. The van der Waals surface area contributed by atoms with Gasteiger partial charge < -0.3 is 42.0 Å². The molecule has 2 rings (SSSR count). The van der Waals surface area contributed by atoms with Crippen LogP contribution in [0.5, 0.6) is 0 Å². The Balaban J connectivity index is 2.14. The third-order valence-corrected chi connectivity index (χ3v) is 5.57. The van der Waals surface area contributed by atoms with Crippen LogP contribution < -0.4 is 21.7 Å². The summed E-state index contributed by atoms with van der Waals surface area (Å²) in [5, 5.41) is 35.4. The maximum Gasteiger partial charge on any atom is 0.326 e. The summed E-state index contributed by atoms with van der Waals surface area (Å²) in [5.41, 5.74) is 7.19. The molecular weight excluding hydrogens is 500 g/mol. The molecule has 1 aromatic heterocycles. The zero-order chi connectivity index (χ0) is 28.2. The van der Waals surface area contributed by atoms with Crippen LogP contribution in [0.15, 0.2) is 42.9 Å². The standard InChI is InChI=1S/C24H32N6O8/c1-13(31)20(30-21(34)16(25)9-14-5-3-2-4-6-14)23(36)29-18(10-15-11-26-12-27-15)22(35)28-17(24(37)38)7-8-19(32)33/h2-6,11-13,16-18,20,31H,7-10,25H2,1H3,(H,26,27)(H,28,35)(H,29,36)(H,30,34)(H,32,33)(H,37,38). The Morgan fingerprint density at radius 1 is 0.947 bits per heavy atom. The third kappa shape index (κ3) is 9.63. The van der Waals surface area contributed by atoms with E-state index in [1.165, 1.54) is 19.4 Å². The number of nitrogens with zero attached hydrogens (tertiary/aromatic N) is 1. The fraction of sp³-hybridized carbons (Fsp3) is 0.417. The fourth-order valence-corrected chi connectivity index (χ4v) is 3.51. The average molecular weight is 533 g/mol. The number of hydrogen-bond donors (Lipinski definition) is 8. The summed E-state index contributed by atoms with van der Waals surface area (Å²) in [7, 11) is 0. The van der Waals surface area contributed by atoms with Gasteiger partial charge >= 0.3 is 11.9 Å². The average Bonchev–Trinajstić information content (AvgIpc) is 3.37. The van der Waals surface area contributed by atoms with Crippen LogP contribution in [0.3, 0.4) is 0 Å². The number of aliphatic carboxylic acids is 2. The van der Waals surface area contributed by atoms with Crippen molar-refractivity contribution in [1.29, 1.82) is 0 Å². The molecule has 5 atom stereocenters. The van der Waals surface area contributed by atoms with Crippen molar-refractivity contribution in [3.63, 3.8) is 0 Å². The second-order valence-corrected chi connectivity index (χ2v) is 8.70. The number of aliphatic hydroxyl groups excluding tert-OH is 1. The van der Waals surface area contributed by atoms with Crippen molar-refractivity contribution in [1.82, 2.24) is 25.9 Å². The molecule has 1 heterocycles. The normalized spacial score (nSPS) is 14.8. The molecule has 0 aliphatic heterocycles. The molecule has 14 heteroatoms. The molecule has 0 spiro atoms. The Labute approximate surface area is 218 Å². The van der Waals surface area contributed by atoms with Gasteiger partial charge in [0.1, 0.15) is 18.1 Å². The lowest BCUT2D eigenvalue weighted by atomic mass is 10.0. The number of carbonyl (C=O) groups is 5. The van der Waals surface area contributed by atoms with Gasteiger partial charge in [0.25, 0.3) is 0 Å². The van der Waals surface area contributed by atoms with Crippen LogP contribution in [0.2, 0.25) is 0 Å². The smallest absolute Gasteiger partial charge is 0.326 e. The maximum absolute atomic E-state index is 13.1. The predicted octanol–water partition coefficient (Wildman–Crippen LogP) is -1.69. The topological polar surface area (TPSA) is 237 Å². The number of carbonyl (C=O) groups excluding carboxylic acids is 3. The number of aromatic nitrogens is 2. The first-order valence-corrected chi connectivity index (χ1v) is 11.8. The molecule has 0 saturated carbocycles. The van der Waals surface area contributed by atoms with Crippen molar-refractivity contribution in [3.05, 3.63) is 54.1 Å². The Kier molecular flexibility index (Phi) is 11.4. The second-order valence-electron chi connectivity index (χ2n) is 8.70. The first kappa shape index (κ1) is 29.9. The molecule has 206 valence electrons. The SMILES string of the molecule is CC(O)C(NC(=O)C(N)Cc1ccccc1)C(=O)NC(Cc1cnc[nH]1)C(=O)NC(CCC(=O)O)C(=O)O. The van der Waals surface area contributed by atoms with E-state index in [-0.39, 0.29) is 19.3 Å². The Hall–Kier alpha value is -4.30. The molecule has 0 bridgehead atoms. The van der Waals surface area contributed by atoms with E-state index in [1.54, 1.807) is 24.3 Å². The van der Waals surface area contributed by atoms with Gasteiger partial charge in [0.15, 0.2) is 0 Å². The lowest BCUT2D eigenvalue weighted by molar-refractivity contribution is -0.143. The quantitative estimate of drug-likeness (QED) is 0.129. The molecule has 9 N–H and O–H groups in total. The van der Waals surface area contributed by atoms with E-state index in [0.29, 0.717) is 5.69 Å². The summed E-state index contributed by atoms with van der Waals surface area (Å²) in [5.74, 6) is -5.23. The number of benzene rings is 1.